The van der Waals surface area contributed by atoms with Gasteiger partial charge in [0.05, 0.1) is 17.6 Å². The molecular weight excluding hydrogens is 238 g/mol. The molecule has 0 amide bonds. The number of carboxylic acid groups (broad SMARTS) is 1. The number of aromatic nitrogens is 2. The molecule has 7 heteroatoms. The number of aliphatic carboxylic acids is 1. The van der Waals surface area contributed by atoms with E-state index < -0.39 is 23.1 Å². The SMILES string of the molecule is N[C@H](Cn1c(=O)c(=O)[nH]c2ccccc21)C(=O)O. The van der Waals surface area contributed by atoms with Crippen molar-refractivity contribution in [2.24, 2.45) is 5.73 Å². The van der Waals surface area contributed by atoms with Crippen LogP contribution in [0.1, 0.15) is 0 Å². The molecule has 94 valence electrons. The van der Waals surface area contributed by atoms with Crippen molar-refractivity contribution >= 4 is 17.0 Å². The van der Waals surface area contributed by atoms with Gasteiger partial charge in [0, 0.05) is 0 Å². The van der Waals surface area contributed by atoms with Crippen LogP contribution in [-0.4, -0.2) is 26.7 Å². The van der Waals surface area contributed by atoms with E-state index in [1.165, 1.54) is 0 Å². The van der Waals surface area contributed by atoms with Crippen LogP contribution >= 0.6 is 0 Å². The summed E-state index contributed by atoms with van der Waals surface area (Å²) in [6.45, 7) is -0.251. The lowest BCUT2D eigenvalue weighted by atomic mass is 10.2. The molecule has 0 bridgehead atoms. The Hall–Kier alpha value is -2.41. The van der Waals surface area contributed by atoms with Gasteiger partial charge in [0.15, 0.2) is 0 Å². The van der Waals surface area contributed by atoms with Gasteiger partial charge in [0.2, 0.25) is 0 Å². The first-order valence-electron chi connectivity index (χ1n) is 5.21. The number of hydrogen-bond donors (Lipinski definition) is 3. The summed E-state index contributed by atoms with van der Waals surface area (Å²) < 4.78 is 1.08. The smallest absolute Gasteiger partial charge is 0.322 e. The Morgan fingerprint density at radius 1 is 1.39 bits per heavy atom. The highest BCUT2D eigenvalue weighted by Gasteiger charge is 2.15. The van der Waals surface area contributed by atoms with Gasteiger partial charge in [-0.3, -0.25) is 19.0 Å². The van der Waals surface area contributed by atoms with E-state index in [1.807, 2.05) is 0 Å². The van der Waals surface area contributed by atoms with Crippen molar-refractivity contribution in [1.29, 1.82) is 0 Å². The van der Waals surface area contributed by atoms with Gasteiger partial charge < -0.3 is 15.8 Å². The van der Waals surface area contributed by atoms with Crippen molar-refractivity contribution in [1.82, 2.24) is 9.55 Å². The van der Waals surface area contributed by atoms with Gasteiger partial charge in [0.1, 0.15) is 6.04 Å². The maximum Gasteiger partial charge on any atom is 0.322 e. The predicted octanol–water partition coefficient (Wildman–Crippen LogP) is -0.898. The second-order valence-corrected chi connectivity index (χ2v) is 3.83. The van der Waals surface area contributed by atoms with Crippen molar-refractivity contribution in [2.45, 2.75) is 12.6 Å². The van der Waals surface area contributed by atoms with Crippen LogP contribution in [0.5, 0.6) is 0 Å². The molecule has 18 heavy (non-hydrogen) atoms. The molecule has 0 spiro atoms. The number of H-pyrrole nitrogens is 1. The summed E-state index contributed by atoms with van der Waals surface area (Å²) in [5.41, 5.74) is 4.67. The second-order valence-electron chi connectivity index (χ2n) is 3.83. The number of carboxylic acids is 1. The van der Waals surface area contributed by atoms with Crippen LogP contribution in [0.4, 0.5) is 0 Å². The molecule has 1 atom stereocenters. The molecule has 1 aromatic carbocycles. The average molecular weight is 249 g/mol. The van der Waals surface area contributed by atoms with Crippen LogP contribution < -0.4 is 16.9 Å². The Balaban J connectivity index is 2.68. The third-order valence-corrected chi connectivity index (χ3v) is 2.58. The van der Waals surface area contributed by atoms with Gasteiger partial charge in [-0.2, -0.15) is 0 Å². The minimum absolute atomic E-state index is 0.251. The number of nitrogens with zero attached hydrogens (tertiary/aromatic N) is 1. The van der Waals surface area contributed by atoms with Gasteiger partial charge in [-0.1, -0.05) is 12.1 Å². The zero-order valence-corrected chi connectivity index (χ0v) is 9.29. The van der Waals surface area contributed by atoms with Crippen LogP contribution in [0.2, 0.25) is 0 Å². The van der Waals surface area contributed by atoms with Crippen LogP contribution in [0.15, 0.2) is 33.9 Å². The highest BCUT2D eigenvalue weighted by atomic mass is 16.4. The van der Waals surface area contributed by atoms with Crippen LogP contribution in [0.3, 0.4) is 0 Å². The molecule has 2 rings (SSSR count). The highest BCUT2D eigenvalue weighted by molar-refractivity contribution is 5.76. The number of para-hydroxylation sites is 2. The maximum absolute atomic E-state index is 11.7. The molecule has 0 saturated carbocycles. The molecule has 0 aliphatic rings. The fourth-order valence-corrected chi connectivity index (χ4v) is 1.68. The fraction of sp³-hybridized carbons (Fsp3) is 0.182. The molecule has 0 aliphatic carbocycles. The standard InChI is InChI=1S/C11H11N3O4/c12-6(11(17)18)5-14-8-4-2-1-3-7(8)13-9(15)10(14)16/h1-4,6H,5,12H2,(H,13,15)(H,17,18)/t6-/m1/s1. The first kappa shape index (κ1) is 12.1. The average Bonchev–Trinajstić information content (AvgIpc) is 2.34. The molecular formula is C11H11N3O4. The Morgan fingerprint density at radius 3 is 2.72 bits per heavy atom. The number of rotatable bonds is 3. The number of fused-ring (bicyclic) bond motifs is 1. The lowest BCUT2D eigenvalue weighted by molar-refractivity contribution is -0.138. The second kappa shape index (κ2) is 4.46. The third-order valence-electron chi connectivity index (χ3n) is 2.58. The monoisotopic (exact) mass is 249 g/mol. The summed E-state index contributed by atoms with van der Waals surface area (Å²) in [7, 11) is 0. The molecule has 2 aromatic rings. The van der Waals surface area contributed by atoms with Gasteiger partial charge in [0.25, 0.3) is 0 Å². The summed E-state index contributed by atoms with van der Waals surface area (Å²) in [6, 6.07) is 5.38. The minimum Gasteiger partial charge on any atom is -0.480 e. The lowest BCUT2D eigenvalue weighted by Crippen LogP contribution is -2.43. The van der Waals surface area contributed by atoms with E-state index in [-0.39, 0.29) is 6.54 Å². The zero-order valence-electron chi connectivity index (χ0n) is 9.29. The van der Waals surface area contributed by atoms with E-state index in [2.05, 4.69) is 4.98 Å². The number of benzene rings is 1. The number of hydrogen-bond acceptors (Lipinski definition) is 4. The minimum atomic E-state index is -1.24. The van der Waals surface area contributed by atoms with Crippen LogP contribution in [0, 0.1) is 0 Å². The maximum atomic E-state index is 11.7. The van der Waals surface area contributed by atoms with Gasteiger partial charge in [-0.25, -0.2) is 0 Å². The molecule has 0 saturated heterocycles. The van der Waals surface area contributed by atoms with E-state index in [0.717, 1.165) is 4.57 Å². The number of nitrogens with two attached hydrogens (primary N) is 1. The van der Waals surface area contributed by atoms with E-state index in [0.29, 0.717) is 11.0 Å². The summed E-state index contributed by atoms with van der Waals surface area (Å²) in [5.74, 6) is -1.23. The Bertz CT molecular complexity index is 716. The predicted molar refractivity (Wildman–Crippen MR) is 64.4 cm³/mol. The van der Waals surface area contributed by atoms with Crippen molar-refractivity contribution < 1.29 is 9.90 Å². The van der Waals surface area contributed by atoms with Crippen molar-refractivity contribution in [3.8, 4) is 0 Å². The van der Waals surface area contributed by atoms with Crippen molar-refractivity contribution in [3.05, 3.63) is 45.0 Å². The van der Waals surface area contributed by atoms with Crippen LogP contribution in [0.25, 0.3) is 11.0 Å². The fourth-order valence-electron chi connectivity index (χ4n) is 1.68. The topological polar surface area (TPSA) is 118 Å². The largest absolute Gasteiger partial charge is 0.480 e. The van der Waals surface area contributed by atoms with Gasteiger partial charge in [-0.05, 0) is 12.1 Å². The first-order valence-corrected chi connectivity index (χ1v) is 5.21. The number of carbonyl (C=O) groups is 1. The van der Waals surface area contributed by atoms with E-state index >= 15 is 0 Å². The van der Waals surface area contributed by atoms with Crippen LogP contribution in [-0.2, 0) is 11.3 Å². The summed E-state index contributed by atoms with van der Waals surface area (Å²) >= 11 is 0. The van der Waals surface area contributed by atoms with E-state index in [1.54, 1.807) is 24.3 Å². The quantitative estimate of drug-likeness (QED) is 0.609. The highest BCUT2D eigenvalue weighted by Crippen LogP contribution is 2.07. The summed E-state index contributed by atoms with van der Waals surface area (Å²) in [6.07, 6.45) is 0. The molecule has 0 aliphatic heterocycles. The molecule has 0 radical (unpaired) electrons. The third kappa shape index (κ3) is 2.03. The Labute approximate surface area is 100 Å². The lowest BCUT2D eigenvalue weighted by Gasteiger charge is -2.11. The van der Waals surface area contributed by atoms with Gasteiger partial charge >= 0.3 is 17.1 Å². The summed E-state index contributed by atoms with van der Waals surface area (Å²) in [5, 5.41) is 8.75. The molecule has 1 heterocycles. The van der Waals surface area contributed by atoms with Gasteiger partial charge in [-0.15, -0.1) is 0 Å². The van der Waals surface area contributed by atoms with Crippen molar-refractivity contribution in [3.63, 3.8) is 0 Å². The van der Waals surface area contributed by atoms with Crippen molar-refractivity contribution in [2.75, 3.05) is 0 Å². The molecule has 4 N–H and O–H groups in total. The molecule has 7 nitrogen and oxygen atoms in total. The van der Waals surface area contributed by atoms with E-state index in [9.17, 15) is 14.4 Å². The van der Waals surface area contributed by atoms with E-state index in [4.69, 9.17) is 10.8 Å². The summed E-state index contributed by atoms with van der Waals surface area (Å²) in [4.78, 5) is 36.3. The molecule has 0 unspecified atom stereocenters. The first-order chi connectivity index (χ1) is 8.50. The normalized spacial score (nSPS) is 12.5. The zero-order chi connectivity index (χ0) is 13.3. The number of nitrogens with one attached hydrogen (secondary N) is 1. The molecule has 1 aromatic heterocycles. The Kier molecular flexibility index (Phi) is 2.99. The molecule has 0 fully saturated rings. The Morgan fingerprint density at radius 2 is 2.06 bits per heavy atom. The number of aromatic amines is 1.